The van der Waals surface area contributed by atoms with Crippen molar-refractivity contribution in [3.63, 3.8) is 0 Å². The molecule has 2 aromatic rings. The third kappa shape index (κ3) is 2.88. The molecule has 0 fully saturated rings. The van der Waals surface area contributed by atoms with Crippen LogP contribution < -0.4 is 4.90 Å². The van der Waals surface area contributed by atoms with Crippen molar-refractivity contribution in [1.29, 1.82) is 0 Å². The molecule has 2 rings (SSSR count). The molecule has 0 radical (unpaired) electrons. The Morgan fingerprint density at radius 1 is 1.45 bits per heavy atom. The number of aromatic nitrogens is 1. The summed E-state index contributed by atoms with van der Waals surface area (Å²) in [5.41, 5.74) is 0.610. The lowest BCUT2D eigenvalue weighted by atomic mass is 10.2. The predicted octanol–water partition coefficient (Wildman–Crippen LogP) is 3.73. The zero-order valence-corrected chi connectivity index (χ0v) is 11.4. The molecule has 1 N–H and O–H groups in total. The molecule has 0 saturated heterocycles. The highest BCUT2D eigenvalue weighted by Gasteiger charge is 2.15. The molecule has 0 bridgehead atoms. The molecule has 20 heavy (non-hydrogen) atoms. The number of rotatable bonds is 4. The molecule has 6 heteroatoms. The average molecular weight is 295 g/mol. The summed E-state index contributed by atoms with van der Waals surface area (Å²) in [6.45, 7) is 2.39. The SMILES string of the molecule is CCN(c1cccc(F)c1)c1ncc(C(=O)O)cc1Cl. The molecular formula is C14H12ClFN2O2. The molecule has 1 heterocycles. The fourth-order valence-corrected chi connectivity index (χ4v) is 2.11. The molecule has 0 aliphatic carbocycles. The van der Waals surface area contributed by atoms with E-state index >= 15 is 0 Å². The molecule has 1 aromatic carbocycles. The number of carbonyl (C=O) groups is 1. The smallest absolute Gasteiger partial charge is 0.337 e. The quantitative estimate of drug-likeness (QED) is 0.933. The summed E-state index contributed by atoms with van der Waals surface area (Å²) in [5, 5.41) is 9.09. The van der Waals surface area contributed by atoms with E-state index in [0.29, 0.717) is 18.1 Å². The molecule has 1 aromatic heterocycles. The van der Waals surface area contributed by atoms with Gasteiger partial charge in [0.15, 0.2) is 5.82 Å². The number of nitrogens with zero attached hydrogens (tertiary/aromatic N) is 2. The number of halogens is 2. The lowest BCUT2D eigenvalue weighted by Crippen LogP contribution is -2.18. The van der Waals surface area contributed by atoms with Crippen LogP contribution in [0.1, 0.15) is 17.3 Å². The van der Waals surface area contributed by atoms with E-state index in [2.05, 4.69) is 4.98 Å². The van der Waals surface area contributed by atoms with Crippen LogP contribution in [-0.4, -0.2) is 22.6 Å². The van der Waals surface area contributed by atoms with Gasteiger partial charge in [0.1, 0.15) is 5.82 Å². The minimum absolute atomic E-state index is 0.00838. The molecule has 0 aliphatic heterocycles. The Morgan fingerprint density at radius 2 is 2.20 bits per heavy atom. The van der Waals surface area contributed by atoms with E-state index in [0.717, 1.165) is 0 Å². The Balaban J connectivity index is 2.44. The molecule has 0 saturated carbocycles. The van der Waals surface area contributed by atoms with Crippen LogP contribution in [0.3, 0.4) is 0 Å². The van der Waals surface area contributed by atoms with Crippen molar-refractivity contribution < 1.29 is 14.3 Å². The number of anilines is 2. The Morgan fingerprint density at radius 3 is 2.75 bits per heavy atom. The van der Waals surface area contributed by atoms with Gasteiger partial charge in [-0.2, -0.15) is 0 Å². The van der Waals surface area contributed by atoms with Gasteiger partial charge in [0, 0.05) is 18.4 Å². The van der Waals surface area contributed by atoms with Gasteiger partial charge < -0.3 is 10.0 Å². The molecule has 0 spiro atoms. The summed E-state index contributed by atoms with van der Waals surface area (Å²) in [4.78, 5) is 16.6. The van der Waals surface area contributed by atoms with Gasteiger partial charge in [0.05, 0.1) is 10.6 Å². The average Bonchev–Trinajstić information content (AvgIpc) is 2.41. The summed E-state index contributed by atoms with van der Waals surface area (Å²) < 4.78 is 13.3. The summed E-state index contributed by atoms with van der Waals surface area (Å²) in [6, 6.07) is 7.36. The largest absolute Gasteiger partial charge is 0.478 e. The van der Waals surface area contributed by atoms with Gasteiger partial charge in [0.25, 0.3) is 0 Å². The van der Waals surface area contributed by atoms with E-state index in [1.165, 1.54) is 24.4 Å². The van der Waals surface area contributed by atoms with Gasteiger partial charge in [-0.1, -0.05) is 17.7 Å². The number of hydrogen-bond acceptors (Lipinski definition) is 3. The van der Waals surface area contributed by atoms with E-state index in [1.54, 1.807) is 17.0 Å². The fraction of sp³-hybridized carbons (Fsp3) is 0.143. The predicted molar refractivity (Wildman–Crippen MR) is 75.3 cm³/mol. The molecule has 0 amide bonds. The van der Waals surface area contributed by atoms with Gasteiger partial charge in [-0.15, -0.1) is 0 Å². The number of aromatic carboxylic acids is 1. The van der Waals surface area contributed by atoms with Crippen LogP contribution in [0.5, 0.6) is 0 Å². The molecule has 0 aliphatic rings. The highest BCUT2D eigenvalue weighted by Crippen LogP contribution is 2.30. The minimum Gasteiger partial charge on any atom is -0.478 e. The number of carboxylic acids is 1. The van der Waals surface area contributed by atoms with Crippen LogP contribution >= 0.6 is 11.6 Å². The number of pyridine rings is 1. The standard InChI is InChI=1S/C14H12ClFN2O2/c1-2-18(11-5-3-4-10(16)7-11)13-12(15)6-9(8-17-13)14(19)20/h3-8H,2H2,1H3,(H,19,20). The minimum atomic E-state index is -1.10. The number of carboxylic acid groups (broad SMARTS) is 1. The maximum Gasteiger partial charge on any atom is 0.337 e. The lowest BCUT2D eigenvalue weighted by molar-refractivity contribution is 0.0696. The van der Waals surface area contributed by atoms with Gasteiger partial charge >= 0.3 is 5.97 Å². The van der Waals surface area contributed by atoms with Crippen molar-refractivity contribution in [2.75, 3.05) is 11.4 Å². The van der Waals surface area contributed by atoms with Crippen molar-refractivity contribution in [1.82, 2.24) is 4.98 Å². The normalized spacial score (nSPS) is 10.3. The monoisotopic (exact) mass is 294 g/mol. The van der Waals surface area contributed by atoms with Gasteiger partial charge in [-0.3, -0.25) is 0 Å². The summed E-state index contributed by atoms with van der Waals surface area (Å²) >= 11 is 6.08. The van der Waals surface area contributed by atoms with Crippen molar-refractivity contribution in [3.05, 3.63) is 52.9 Å². The zero-order valence-electron chi connectivity index (χ0n) is 10.7. The van der Waals surface area contributed by atoms with E-state index in [4.69, 9.17) is 16.7 Å². The summed E-state index contributed by atoms with van der Waals surface area (Å²) in [5.74, 6) is -1.07. The van der Waals surface area contributed by atoms with Crippen LogP contribution in [0, 0.1) is 5.82 Å². The second-order valence-electron chi connectivity index (χ2n) is 4.06. The third-order valence-corrected chi connectivity index (χ3v) is 3.04. The fourth-order valence-electron chi connectivity index (χ4n) is 1.84. The van der Waals surface area contributed by atoms with E-state index in [-0.39, 0.29) is 16.4 Å². The maximum absolute atomic E-state index is 13.3. The van der Waals surface area contributed by atoms with Crippen LogP contribution in [0.4, 0.5) is 15.9 Å². The van der Waals surface area contributed by atoms with Crippen molar-refractivity contribution >= 4 is 29.1 Å². The van der Waals surface area contributed by atoms with E-state index in [9.17, 15) is 9.18 Å². The molecule has 0 unspecified atom stereocenters. The summed E-state index contributed by atoms with van der Waals surface area (Å²) in [6.07, 6.45) is 1.23. The second-order valence-corrected chi connectivity index (χ2v) is 4.47. The number of benzene rings is 1. The molecular weight excluding hydrogens is 283 g/mol. The second kappa shape index (κ2) is 5.88. The molecule has 4 nitrogen and oxygen atoms in total. The van der Waals surface area contributed by atoms with Crippen molar-refractivity contribution in [3.8, 4) is 0 Å². The molecule has 104 valence electrons. The Bertz CT molecular complexity index is 649. The van der Waals surface area contributed by atoms with Gasteiger partial charge in [-0.25, -0.2) is 14.2 Å². The lowest BCUT2D eigenvalue weighted by Gasteiger charge is -2.23. The van der Waals surface area contributed by atoms with Crippen LogP contribution in [-0.2, 0) is 0 Å². The first-order chi connectivity index (χ1) is 9.52. The van der Waals surface area contributed by atoms with Crippen LogP contribution in [0.25, 0.3) is 0 Å². The van der Waals surface area contributed by atoms with Gasteiger partial charge in [-0.05, 0) is 31.2 Å². The van der Waals surface area contributed by atoms with Crippen molar-refractivity contribution in [2.45, 2.75) is 6.92 Å². The Labute approximate surface area is 120 Å². The topological polar surface area (TPSA) is 53.4 Å². The van der Waals surface area contributed by atoms with E-state index < -0.39 is 5.97 Å². The van der Waals surface area contributed by atoms with Crippen LogP contribution in [0.15, 0.2) is 36.5 Å². The highest BCUT2D eigenvalue weighted by atomic mass is 35.5. The number of hydrogen-bond donors (Lipinski definition) is 1. The Kier molecular flexibility index (Phi) is 4.20. The van der Waals surface area contributed by atoms with Gasteiger partial charge in [0.2, 0.25) is 0 Å². The third-order valence-electron chi connectivity index (χ3n) is 2.76. The first-order valence-corrected chi connectivity index (χ1v) is 6.32. The molecule has 0 atom stereocenters. The van der Waals surface area contributed by atoms with Crippen LogP contribution in [0.2, 0.25) is 5.02 Å². The summed E-state index contributed by atoms with van der Waals surface area (Å²) in [7, 11) is 0. The highest BCUT2D eigenvalue weighted by molar-refractivity contribution is 6.33. The van der Waals surface area contributed by atoms with E-state index in [1.807, 2.05) is 6.92 Å². The van der Waals surface area contributed by atoms with Crippen molar-refractivity contribution in [2.24, 2.45) is 0 Å². The Hall–Kier alpha value is -2.14. The maximum atomic E-state index is 13.3. The first-order valence-electron chi connectivity index (χ1n) is 5.95. The first kappa shape index (κ1) is 14.3. The zero-order chi connectivity index (χ0) is 14.7.